The van der Waals surface area contributed by atoms with Crippen LogP contribution in [-0.2, 0) is 21.2 Å². The topological polar surface area (TPSA) is 79.4 Å². The summed E-state index contributed by atoms with van der Waals surface area (Å²) in [5, 5.41) is 6.00. The number of benzene rings is 1. The van der Waals surface area contributed by atoms with Gasteiger partial charge in [0.05, 0.1) is 15.6 Å². The molecule has 0 bridgehead atoms. The van der Waals surface area contributed by atoms with E-state index in [1.165, 1.54) is 4.31 Å². The fourth-order valence-corrected chi connectivity index (χ4v) is 5.49. The third-order valence-electron chi connectivity index (χ3n) is 4.80. The van der Waals surface area contributed by atoms with Crippen LogP contribution in [0.3, 0.4) is 0 Å². The number of hydrogen-bond donors (Lipinski definition) is 1. The van der Waals surface area contributed by atoms with Gasteiger partial charge in [0.15, 0.2) is 0 Å². The summed E-state index contributed by atoms with van der Waals surface area (Å²) in [4.78, 5) is 17.1. The minimum absolute atomic E-state index is 0.00885. The van der Waals surface area contributed by atoms with E-state index in [0.717, 1.165) is 22.7 Å². The van der Waals surface area contributed by atoms with Gasteiger partial charge >= 0.3 is 0 Å². The number of aryl methyl sites for hydroxylation is 2. The summed E-state index contributed by atoms with van der Waals surface area (Å²) in [5.41, 5.74) is 1.91. The predicted octanol–water partition coefficient (Wildman–Crippen LogP) is 2.52. The number of nitrogens with zero attached hydrogens (tertiary/aromatic N) is 2. The number of hydrogen-bond acceptors (Lipinski definition) is 5. The van der Waals surface area contributed by atoms with E-state index in [-0.39, 0.29) is 11.8 Å². The lowest BCUT2D eigenvalue weighted by Gasteiger charge is -2.30. The van der Waals surface area contributed by atoms with E-state index in [2.05, 4.69) is 10.3 Å². The number of nitrogens with one attached hydrogen (secondary N) is 1. The van der Waals surface area contributed by atoms with Crippen LogP contribution in [0.1, 0.15) is 29.1 Å². The van der Waals surface area contributed by atoms with Gasteiger partial charge in [0.2, 0.25) is 15.9 Å². The van der Waals surface area contributed by atoms with Gasteiger partial charge in [0.1, 0.15) is 0 Å². The molecule has 1 fully saturated rings. The Hall–Kier alpha value is -1.77. The summed E-state index contributed by atoms with van der Waals surface area (Å²) in [6.07, 6.45) is 1.82. The van der Waals surface area contributed by atoms with Crippen molar-refractivity contribution in [3.8, 4) is 0 Å². The van der Waals surface area contributed by atoms with Crippen molar-refractivity contribution >= 4 is 27.3 Å². The van der Waals surface area contributed by atoms with Gasteiger partial charge in [-0.25, -0.2) is 13.4 Å². The first-order valence-electron chi connectivity index (χ1n) is 9.12. The second-order valence-corrected chi connectivity index (χ2v) is 9.89. The summed E-state index contributed by atoms with van der Waals surface area (Å²) >= 11 is 1.61. The van der Waals surface area contributed by atoms with E-state index in [1.54, 1.807) is 29.5 Å². The average Bonchev–Trinajstić information content (AvgIpc) is 3.07. The van der Waals surface area contributed by atoms with Crippen LogP contribution in [0.25, 0.3) is 0 Å². The summed E-state index contributed by atoms with van der Waals surface area (Å²) in [7, 11) is -3.49. The minimum Gasteiger partial charge on any atom is -0.355 e. The number of aromatic nitrogens is 1. The summed E-state index contributed by atoms with van der Waals surface area (Å²) in [6.45, 7) is 5.15. The maximum Gasteiger partial charge on any atom is 0.243 e. The molecule has 0 atom stereocenters. The fraction of sp³-hybridized carbons (Fsp3) is 0.474. The largest absolute Gasteiger partial charge is 0.355 e. The van der Waals surface area contributed by atoms with Crippen molar-refractivity contribution < 1.29 is 13.2 Å². The molecule has 1 aliphatic heterocycles. The lowest BCUT2D eigenvalue weighted by atomic mass is 9.97. The second-order valence-electron chi connectivity index (χ2n) is 6.89. The molecular weight excluding hydrogens is 382 g/mol. The van der Waals surface area contributed by atoms with Crippen LogP contribution in [0, 0.1) is 19.8 Å². The molecule has 2 heterocycles. The Morgan fingerprint density at radius 3 is 2.67 bits per heavy atom. The SMILES string of the molecule is Cc1cccc(S(=O)(=O)N2CCC(C(=O)NCCc3csc(C)n3)CC2)c1. The first-order valence-corrected chi connectivity index (χ1v) is 11.4. The van der Waals surface area contributed by atoms with Gasteiger partial charge in [-0.15, -0.1) is 11.3 Å². The Morgan fingerprint density at radius 1 is 1.30 bits per heavy atom. The highest BCUT2D eigenvalue weighted by atomic mass is 32.2. The highest BCUT2D eigenvalue weighted by Gasteiger charge is 2.31. The monoisotopic (exact) mass is 407 g/mol. The molecule has 1 N–H and O–H groups in total. The number of piperidine rings is 1. The molecule has 0 saturated carbocycles. The lowest BCUT2D eigenvalue weighted by molar-refractivity contribution is -0.126. The summed E-state index contributed by atoms with van der Waals surface area (Å²) in [5.74, 6) is -0.124. The molecule has 1 aromatic heterocycles. The van der Waals surface area contributed by atoms with Crippen molar-refractivity contribution in [3.05, 3.63) is 45.9 Å². The van der Waals surface area contributed by atoms with Crippen molar-refractivity contribution in [1.29, 1.82) is 0 Å². The third kappa shape index (κ3) is 4.94. The highest BCUT2D eigenvalue weighted by Crippen LogP contribution is 2.24. The number of sulfonamides is 1. The van der Waals surface area contributed by atoms with E-state index < -0.39 is 10.0 Å². The normalized spacial score (nSPS) is 16.4. The van der Waals surface area contributed by atoms with Crippen molar-refractivity contribution in [2.45, 2.75) is 38.0 Å². The molecule has 27 heavy (non-hydrogen) atoms. The summed E-state index contributed by atoms with van der Waals surface area (Å²) < 4.78 is 27.0. The Balaban J connectivity index is 1.50. The van der Waals surface area contributed by atoms with Gasteiger partial charge in [-0.05, 0) is 44.4 Å². The lowest BCUT2D eigenvalue weighted by Crippen LogP contribution is -2.43. The smallest absolute Gasteiger partial charge is 0.243 e. The zero-order valence-corrected chi connectivity index (χ0v) is 17.3. The van der Waals surface area contributed by atoms with Crippen molar-refractivity contribution in [2.24, 2.45) is 5.92 Å². The molecule has 3 rings (SSSR count). The molecule has 2 aromatic rings. The van der Waals surface area contributed by atoms with Gasteiger partial charge in [0.25, 0.3) is 0 Å². The van der Waals surface area contributed by atoms with Gasteiger partial charge < -0.3 is 5.32 Å². The number of thiazole rings is 1. The van der Waals surface area contributed by atoms with E-state index >= 15 is 0 Å². The van der Waals surface area contributed by atoms with E-state index in [4.69, 9.17) is 0 Å². The molecule has 1 saturated heterocycles. The third-order valence-corrected chi connectivity index (χ3v) is 7.52. The van der Waals surface area contributed by atoms with Gasteiger partial charge in [-0.2, -0.15) is 4.31 Å². The Bertz CT molecular complexity index is 900. The Labute approximate surface area is 164 Å². The Kier molecular flexibility index (Phi) is 6.29. The first kappa shape index (κ1) is 20.0. The zero-order valence-electron chi connectivity index (χ0n) is 15.6. The highest BCUT2D eigenvalue weighted by molar-refractivity contribution is 7.89. The van der Waals surface area contributed by atoms with Crippen molar-refractivity contribution in [2.75, 3.05) is 19.6 Å². The molecule has 146 valence electrons. The maximum absolute atomic E-state index is 12.8. The van der Waals surface area contributed by atoms with Crippen LogP contribution in [0.15, 0.2) is 34.5 Å². The zero-order chi connectivity index (χ0) is 19.4. The molecule has 0 radical (unpaired) electrons. The molecule has 6 nitrogen and oxygen atoms in total. The quantitative estimate of drug-likeness (QED) is 0.798. The van der Waals surface area contributed by atoms with Crippen LogP contribution in [-0.4, -0.2) is 43.2 Å². The molecule has 1 amide bonds. The molecule has 8 heteroatoms. The molecule has 1 aromatic carbocycles. The maximum atomic E-state index is 12.8. The molecule has 0 aliphatic carbocycles. The average molecular weight is 408 g/mol. The molecule has 0 spiro atoms. The predicted molar refractivity (Wildman–Crippen MR) is 106 cm³/mol. The molecule has 0 unspecified atom stereocenters. The minimum atomic E-state index is -3.49. The van der Waals surface area contributed by atoms with E-state index in [1.807, 2.05) is 25.3 Å². The number of rotatable bonds is 6. The van der Waals surface area contributed by atoms with Crippen molar-refractivity contribution in [3.63, 3.8) is 0 Å². The van der Waals surface area contributed by atoms with Crippen LogP contribution in [0.4, 0.5) is 0 Å². The van der Waals surface area contributed by atoms with Gasteiger partial charge in [-0.3, -0.25) is 4.79 Å². The number of carbonyl (C=O) groups excluding carboxylic acids is 1. The van der Waals surface area contributed by atoms with E-state index in [9.17, 15) is 13.2 Å². The van der Waals surface area contributed by atoms with Crippen LogP contribution >= 0.6 is 11.3 Å². The summed E-state index contributed by atoms with van der Waals surface area (Å²) in [6, 6.07) is 6.95. The van der Waals surface area contributed by atoms with Crippen LogP contribution in [0.2, 0.25) is 0 Å². The molecule has 1 aliphatic rings. The van der Waals surface area contributed by atoms with Crippen molar-refractivity contribution in [1.82, 2.24) is 14.6 Å². The standard InChI is InChI=1S/C19H25N3O3S2/c1-14-4-3-5-18(12-14)27(24,25)22-10-7-16(8-11-22)19(23)20-9-6-17-13-26-15(2)21-17/h3-5,12-13,16H,6-11H2,1-2H3,(H,20,23). The van der Waals surface area contributed by atoms with Crippen LogP contribution in [0.5, 0.6) is 0 Å². The first-order chi connectivity index (χ1) is 12.9. The number of amides is 1. The number of carbonyl (C=O) groups is 1. The van der Waals surface area contributed by atoms with Crippen LogP contribution < -0.4 is 5.32 Å². The Morgan fingerprint density at radius 2 is 2.04 bits per heavy atom. The fourth-order valence-electron chi connectivity index (χ4n) is 3.26. The second kappa shape index (κ2) is 8.50. The molecular formula is C19H25N3O3S2. The van der Waals surface area contributed by atoms with Gasteiger partial charge in [-0.1, -0.05) is 12.1 Å². The van der Waals surface area contributed by atoms with E-state index in [0.29, 0.717) is 37.4 Å². The van der Waals surface area contributed by atoms with Gasteiger partial charge in [0, 0.05) is 37.4 Å².